The van der Waals surface area contributed by atoms with Gasteiger partial charge in [0.2, 0.25) is 5.28 Å². The molecule has 0 saturated heterocycles. The number of pyridine rings is 1. The Morgan fingerprint density at radius 1 is 1.19 bits per heavy atom. The molecule has 2 aromatic rings. The van der Waals surface area contributed by atoms with Crippen LogP contribution in [0, 0.1) is 12.7 Å². The van der Waals surface area contributed by atoms with Crippen LogP contribution >= 0.6 is 23.2 Å². The van der Waals surface area contributed by atoms with Crippen molar-refractivity contribution in [3.63, 3.8) is 0 Å². The summed E-state index contributed by atoms with van der Waals surface area (Å²) >= 11 is 11.6. The molecule has 0 aliphatic rings. The van der Waals surface area contributed by atoms with Gasteiger partial charge >= 0.3 is 0 Å². The highest BCUT2D eigenvalue weighted by Crippen LogP contribution is 2.25. The minimum atomic E-state index is -0.410. The third kappa shape index (κ3) is 2.13. The summed E-state index contributed by atoms with van der Waals surface area (Å²) in [5.41, 5.74) is 1.67. The Morgan fingerprint density at radius 3 is 2.56 bits per heavy atom. The second-order valence-corrected chi connectivity index (χ2v) is 3.81. The zero-order valence-electron chi connectivity index (χ0n) is 8.21. The lowest BCUT2D eigenvalue weighted by Gasteiger charge is -2.05. The molecule has 0 aliphatic heterocycles. The minimum Gasteiger partial charge on any atom is -0.252 e. The van der Waals surface area contributed by atoms with Crippen LogP contribution in [-0.4, -0.2) is 15.0 Å². The third-order valence-electron chi connectivity index (χ3n) is 2.03. The van der Waals surface area contributed by atoms with Gasteiger partial charge in [0.25, 0.3) is 0 Å². The molecular weight excluding hydrogens is 252 g/mol. The van der Waals surface area contributed by atoms with E-state index in [4.69, 9.17) is 23.2 Å². The molecule has 2 heterocycles. The molecule has 6 heteroatoms. The van der Waals surface area contributed by atoms with E-state index >= 15 is 0 Å². The maximum Gasteiger partial charge on any atom is 0.224 e. The summed E-state index contributed by atoms with van der Waals surface area (Å²) < 4.78 is 12.7. The smallest absolute Gasteiger partial charge is 0.224 e. The first-order valence-corrected chi connectivity index (χ1v) is 5.15. The van der Waals surface area contributed by atoms with Gasteiger partial charge in [-0.2, -0.15) is 0 Å². The summed E-state index contributed by atoms with van der Waals surface area (Å²) in [4.78, 5) is 11.7. The highest BCUT2D eigenvalue weighted by molar-refractivity contribution is 6.32. The predicted octanol–water partition coefficient (Wildman–Crippen LogP) is 3.29. The lowest BCUT2D eigenvalue weighted by molar-refractivity contribution is 0.622. The second-order valence-electron chi connectivity index (χ2n) is 3.12. The van der Waals surface area contributed by atoms with Gasteiger partial charge in [-0.05, 0) is 30.7 Å². The Morgan fingerprint density at radius 2 is 1.94 bits per heavy atom. The highest BCUT2D eigenvalue weighted by atomic mass is 35.5. The molecule has 2 rings (SSSR count). The Hall–Kier alpha value is -1.26. The van der Waals surface area contributed by atoms with Crippen molar-refractivity contribution in [1.82, 2.24) is 15.0 Å². The second kappa shape index (κ2) is 4.31. The average molecular weight is 258 g/mol. The molecule has 0 bridgehead atoms. The van der Waals surface area contributed by atoms with Crippen molar-refractivity contribution in [3.05, 3.63) is 40.1 Å². The van der Waals surface area contributed by atoms with E-state index in [1.807, 2.05) is 0 Å². The van der Waals surface area contributed by atoms with Crippen molar-refractivity contribution < 1.29 is 4.39 Å². The molecule has 0 amide bonds. The van der Waals surface area contributed by atoms with Crippen LogP contribution in [0.3, 0.4) is 0 Å². The van der Waals surface area contributed by atoms with Gasteiger partial charge in [0, 0.05) is 5.56 Å². The Kier molecular flexibility index (Phi) is 3.03. The van der Waals surface area contributed by atoms with E-state index in [9.17, 15) is 4.39 Å². The summed E-state index contributed by atoms with van der Waals surface area (Å²) in [5.74, 6) is -0.410. The Balaban J connectivity index is 2.59. The van der Waals surface area contributed by atoms with Crippen LogP contribution in [0.2, 0.25) is 10.4 Å². The van der Waals surface area contributed by atoms with Crippen molar-refractivity contribution in [1.29, 1.82) is 0 Å². The normalized spacial score (nSPS) is 10.5. The maximum atomic E-state index is 12.7. The monoisotopic (exact) mass is 257 g/mol. The summed E-state index contributed by atoms with van der Waals surface area (Å²) in [6, 6.07) is 2.81. The van der Waals surface area contributed by atoms with Crippen LogP contribution < -0.4 is 0 Å². The van der Waals surface area contributed by atoms with Crippen molar-refractivity contribution in [2.45, 2.75) is 6.92 Å². The molecule has 0 fully saturated rings. The van der Waals surface area contributed by atoms with Crippen LogP contribution in [0.5, 0.6) is 0 Å². The van der Waals surface area contributed by atoms with E-state index in [0.717, 1.165) is 6.20 Å². The van der Waals surface area contributed by atoms with Crippen LogP contribution in [0.25, 0.3) is 11.4 Å². The number of nitrogens with zero attached hydrogens (tertiary/aromatic N) is 3. The van der Waals surface area contributed by atoms with Gasteiger partial charge in [-0.25, -0.2) is 14.4 Å². The average Bonchev–Trinajstić information content (AvgIpc) is 2.25. The molecule has 16 heavy (non-hydrogen) atoms. The van der Waals surface area contributed by atoms with Gasteiger partial charge in [-0.1, -0.05) is 11.6 Å². The van der Waals surface area contributed by atoms with E-state index in [1.54, 1.807) is 6.92 Å². The minimum absolute atomic E-state index is 0.0386. The lowest BCUT2D eigenvalue weighted by atomic mass is 10.2. The molecule has 0 unspecified atom stereocenters. The first-order chi connectivity index (χ1) is 7.58. The highest BCUT2D eigenvalue weighted by Gasteiger charge is 2.11. The maximum absolute atomic E-state index is 12.7. The van der Waals surface area contributed by atoms with Crippen LogP contribution in [0.1, 0.15) is 5.56 Å². The molecule has 82 valence electrons. The topological polar surface area (TPSA) is 38.7 Å². The largest absolute Gasteiger partial charge is 0.252 e. The predicted molar refractivity (Wildman–Crippen MR) is 60.0 cm³/mol. The fourth-order valence-electron chi connectivity index (χ4n) is 1.23. The van der Waals surface area contributed by atoms with Gasteiger partial charge in [-0.3, -0.25) is 4.98 Å². The van der Waals surface area contributed by atoms with Gasteiger partial charge in [-0.15, -0.1) is 0 Å². The van der Waals surface area contributed by atoms with Gasteiger partial charge in [0.1, 0.15) is 11.0 Å². The fourth-order valence-corrected chi connectivity index (χ4v) is 1.61. The van der Waals surface area contributed by atoms with Crippen molar-refractivity contribution in [2.24, 2.45) is 0 Å². The van der Waals surface area contributed by atoms with E-state index in [0.29, 0.717) is 17.0 Å². The number of aromatic nitrogens is 3. The lowest BCUT2D eigenvalue weighted by Crippen LogP contribution is -1.95. The van der Waals surface area contributed by atoms with Crippen LogP contribution in [0.4, 0.5) is 4.39 Å². The molecule has 0 aromatic carbocycles. The molecule has 2 aromatic heterocycles. The van der Waals surface area contributed by atoms with E-state index in [1.165, 1.54) is 12.1 Å². The number of rotatable bonds is 1. The number of halogens is 3. The van der Waals surface area contributed by atoms with Gasteiger partial charge in [0.05, 0.1) is 17.6 Å². The Labute approximate surface area is 101 Å². The van der Waals surface area contributed by atoms with Gasteiger partial charge < -0.3 is 0 Å². The molecule has 3 nitrogen and oxygen atoms in total. The van der Waals surface area contributed by atoms with Gasteiger partial charge in [0.15, 0.2) is 0 Å². The van der Waals surface area contributed by atoms with Crippen LogP contribution in [0.15, 0.2) is 18.3 Å². The summed E-state index contributed by atoms with van der Waals surface area (Å²) in [6.45, 7) is 1.75. The van der Waals surface area contributed by atoms with E-state index in [2.05, 4.69) is 15.0 Å². The number of hydrogen-bond acceptors (Lipinski definition) is 3. The first-order valence-electron chi connectivity index (χ1n) is 4.39. The Bertz CT molecular complexity index is 528. The molecule has 0 atom stereocenters. The molecule has 0 aliphatic carbocycles. The SMILES string of the molecule is Cc1c(Cl)nc(Cl)nc1-c1ccc(F)cn1. The zero-order valence-corrected chi connectivity index (χ0v) is 9.72. The van der Waals surface area contributed by atoms with E-state index < -0.39 is 5.82 Å². The first kappa shape index (κ1) is 11.2. The summed E-state index contributed by atoms with van der Waals surface area (Å²) in [5, 5.41) is 0.304. The third-order valence-corrected chi connectivity index (χ3v) is 2.57. The molecule has 0 saturated carbocycles. The molecule has 0 radical (unpaired) electrons. The van der Waals surface area contributed by atoms with Crippen LogP contribution in [-0.2, 0) is 0 Å². The summed E-state index contributed by atoms with van der Waals surface area (Å²) in [7, 11) is 0. The van der Waals surface area contributed by atoms with Crippen molar-refractivity contribution >= 4 is 23.2 Å². The van der Waals surface area contributed by atoms with E-state index in [-0.39, 0.29) is 10.4 Å². The summed E-state index contributed by atoms with van der Waals surface area (Å²) in [6.07, 6.45) is 1.11. The molecule has 0 N–H and O–H groups in total. The number of hydrogen-bond donors (Lipinski definition) is 0. The zero-order chi connectivity index (χ0) is 11.7. The van der Waals surface area contributed by atoms with Crippen molar-refractivity contribution in [3.8, 4) is 11.4 Å². The molecular formula is C10H6Cl2FN3. The molecule has 0 spiro atoms. The standard InChI is InChI=1S/C10H6Cl2FN3/c1-5-8(15-10(12)16-9(5)11)7-3-2-6(13)4-14-7/h2-4H,1H3. The fraction of sp³-hybridized carbons (Fsp3) is 0.100. The quantitative estimate of drug-likeness (QED) is 0.582. The van der Waals surface area contributed by atoms with Crippen molar-refractivity contribution in [2.75, 3.05) is 0 Å².